The zero-order chi connectivity index (χ0) is 17.2. The van der Waals surface area contributed by atoms with E-state index in [1.54, 1.807) is 6.07 Å². The molecule has 0 aliphatic heterocycles. The van der Waals surface area contributed by atoms with Gasteiger partial charge in [-0.3, -0.25) is 10.1 Å². The third-order valence-corrected chi connectivity index (χ3v) is 4.16. The first kappa shape index (κ1) is 17.3. The quantitative estimate of drug-likeness (QED) is 0.419. The number of rotatable bonds is 7. The Morgan fingerprint density at radius 2 is 1.83 bits per heavy atom. The SMILES string of the molecule is [C-]#[N+]C1(c2ccc(N(CC(C)C)CC(C)C)c([N+](=O)[O-])c2)CC1. The first-order valence-corrected chi connectivity index (χ1v) is 8.21. The van der Waals surface area contributed by atoms with Crippen LogP contribution < -0.4 is 4.90 Å². The molecule has 0 saturated heterocycles. The summed E-state index contributed by atoms with van der Waals surface area (Å²) in [6.45, 7) is 17.4. The van der Waals surface area contributed by atoms with Crippen LogP contribution in [0, 0.1) is 28.5 Å². The Balaban J connectivity index is 2.43. The van der Waals surface area contributed by atoms with Gasteiger partial charge < -0.3 is 9.74 Å². The molecular formula is C18H25N3O2. The number of hydrogen-bond donors (Lipinski definition) is 0. The summed E-state index contributed by atoms with van der Waals surface area (Å²) in [5.74, 6) is 0.845. The van der Waals surface area contributed by atoms with Gasteiger partial charge in [-0.1, -0.05) is 27.7 Å². The van der Waals surface area contributed by atoms with E-state index in [0.29, 0.717) is 17.5 Å². The molecule has 23 heavy (non-hydrogen) atoms. The molecule has 5 heteroatoms. The summed E-state index contributed by atoms with van der Waals surface area (Å²) in [5.41, 5.74) is 1.07. The molecule has 2 rings (SSSR count). The average molecular weight is 315 g/mol. The van der Waals surface area contributed by atoms with Crippen molar-refractivity contribution in [2.45, 2.75) is 46.1 Å². The highest BCUT2D eigenvalue weighted by Crippen LogP contribution is 2.51. The second-order valence-electron chi connectivity index (χ2n) is 7.30. The van der Waals surface area contributed by atoms with Gasteiger partial charge in [-0.25, -0.2) is 6.57 Å². The van der Waals surface area contributed by atoms with Gasteiger partial charge in [-0.05, 0) is 24.0 Å². The fourth-order valence-electron chi connectivity index (χ4n) is 2.96. The summed E-state index contributed by atoms with van der Waals surface area (Å²) in [6.07, 6.45) is 1.60. The molecule has 0 atom stereocenters. The summed E-state index contributed by atoms with van der Waals surface area (Å²) in [6, 6.07) is 5.36. The third kappa shape index (κ3) is 3.82. The van der Waals surface area contributed by atoms with Crippen molar-refractivity contribution in [3.05, 3.63) is 45.3 Å². The lowest BCUT2D eigenvalue weighted by molar-refractivity contribution is -0.384. The highest BCUT2D eigenvalue weighted by Gasteiger charge is 2.53. The maximum Gasteiger partial charge on any atom is 0.293 e. The minimum Gasteiger partial charge on any atom is -0.365 e. The van der Waals surface area contributed by atoms with Gasteiger partial charge in [0.25, 0.3) is 11.2 Å². The molecule has 1 fully saturated rings. The van der Waals surface area contributed by atoms with Crippen LogP contribution in [0.1, 0.15) is 46.1 Å². The van der Waals surface area contributed by atoms with Crippen molar-refractivity contribution in [2.24, 2.45) is 11.8 Å². The molecule has 0 radical (unpaired) electrons. The molecule has 0 amide bonds. The molecule has 0 spiro atoms. The molecule has 5 nitrogen and oxygen atoms in total. The smallest absolute Gasteiger partial charge is 0.293 e. The Kier molecular flexibility index (Phi) is 4.93. The maximum absolute atomic E-state index is 11.6. The first-order chi connectivity index (χ1) is 10.8. The van der Waals surface area contributed by atoms with Crippen LogP contribution in [0.2, 0.25) is 0 Å². The van der Waals surface area contributed by atoms with E-state index in [-0.39, 0.29) is 10.6 Å². The molecule has 0 heterocycles. The van der Waals surface area contributed by atoms with E-state index in [9.17, 15) is 10.1 Å². The van der Waals surface area contributed by atoms with Crippen molar-refractivity contribution >= 4 is 11.4 Å². The van der Waals surface area contributed by atoms with Gasteiger partial charge in [-0.2, -0.15) is 0 Å². The van der Waals surface area contributed by atoms with E-state index in [2.05, 4.69) is 37.4 Å². The average Bonchev–Trinajstić information content (AvgIpc) is 3.26. The van der Waals surface area contributed by atoms with Crippen molar-refractivity contribution in [2.75, 3.05) is 18.0 Å². The van der Waals surface area contributed by atoms with Crippen LogP contribution in [0.5, 0.6) is 0 Å². The first-order valence-electron chi connectivity index (χ1n) is 8.21. The molecule has 1 aliphatic carbocycles. The van der Waals surface area contributed by atoms with Crippen molar-refractivity contribution in [3.8, 4) is 0 Å². The number of benzene rings is 1. The summed E-state index contributed by atoms with van der Waals surface area (Å²) in [4.78, 5) is 17.1. The molecule has 1 aromatic rings. The van der Waals surface area contributed by atoms with Gasteiger partial charge in [0, 0.05) is 37.6 Å². The standard InChI is InChI=1S/C18H25N3O2/c1-13(2)11-20(12-14(3)4)16-7-6-15(10-17(16)21(22)23)18(19-5)8-9-18/h6-7,10,13-14H,8-9,11-12H2,1-4H3. The van der Waals surface area contributed by atoms with Gasteiger partial charge in [0.15, 0.2) is 0 Å². The van der Waals surface area contributed by atoms with E-state index in [0.717, 1.165) is 31.5 Å². The topological polar surface area (TPSA) is 50.7 Å². The van der Waals surface area contributed by atoms with Crippen LogP contribution in [-0.4, -0.2) is 18.0 Å². The molecule has 1 aromatic carbocycles. The second kappa shape index (κ2) is 6.57. The van der Waals surface area contributed by atoms with E-state index >= 15 is 0 Å². The van der Waals surface area contributed by atoms with Crippen LogP contribution in [0.4, 0.5) is 11.4 Å². The van der Waals surface area contributed by atoms with Gasteiger partial charge in [0.05, 0.1) is 4.92 Å². The summed E-state index contributed by atoms with van der Waals surface area (Å²) in [5, 5.41) is 11.6. The van der Waals surface area contributed by atoms with E-state index < -0.39 is 5.54 Å². The Labute approximate surface area is 138 Å². The minimum atomic E-state index is -0.510. The summed E-state index contributed by atoms with van der Waals surface area (Å²) >= 11 is 0. The predicted molar refractivity (Wildman–Crippen MR) is 92.5 cm³/mol. The van der Waals surface area contributed by atoms with Crippen molar-refractivity contribution in [1.82, 2.24) is 0 Å². The van der Waals surface area contributed by atoms with Crippen molar-refractivity contribution in [3.63, 3.8) is 0 Å². The molecule has 1 saturated carbocycles. The van der Waals surface area contributed by atoms with Gasteiger partial charge in [-0.15, -0.1) is 0 Å². The zero-order valence-electron chi connectivity index (χ0n) is 14.4. The fourth-order valence-corrected chi connectivity index (χ4v) is 2.96. The van der Waals surface area contributed by atoms with Crippen LogP contribution >= 0.6 is 0 Å². The van der Waals surface area contributed by atoms with Crippen LogP contribution in [0.25, 0.3) is 4.85 Å². The Bertz CT molecular complexity index is 618. The zero-order valence-corrected chi connectivity index (χ0v) is 14.4. The highest BCUT2D eigenvalue weighted by molar-refractivity contribution is 5.65. The van der Waals surface area contributed by atoms with Crippen LogP contribution in [0.3, 0.4) is 0 Å². The molecule has 0 bridgehead atoms. The van der Waals surface area contributed by atoms with E-state index in [4.69, 9.17) is 6.57 Å². The molecule has 0 N–H and O–H groups in total. The fraction of sp³-hybridized carbons (Fsp3) is 0.611. The Morgan fingerprint density at radius 3 is 2.22 bits per heavy atom. The lowest BCUT2D eigenvalue weighted by Crippen LogP contribution is -2.31. The van der Waals surface area contributed by atoms with Crippen molar-refractivity contribution in [1.29, 1.82) is 0 Å². The summed E-state index contributed by atoms with van der Waals surface area (Å²) < 4.78 is 0. The maximum atomic E-state index is 11.6. The minimum absolute atomic E-state index is 0.124. The lowest BCUT2D eigenvalue weighted by atomic mass is 10.0. The molecule has 0 aromatic heterocycles. The van der Waals surface area contributed by atoms with Gasteiger partial charge in [0.2, 0.25) is 0 Å². The van der Waals surface area contributed by atoms with Gasteiger partial charge in [0.1, 0.15) is 5.69 Å². The third-order valence-electron chi connectivity index (χ3n) is 4.16. The lowest BCUT2D eigenvalue weighted by Gasteiger charge is -2.28. The normalized spacial score (nSPS) is 15.5. The number of anilines is 1. The largest absolute Gasteiger partial charge is 0.365 e. The molecular weight excluding hydrogens is 290 g/mol. The van der Waals surface area contributed by atoms with E-state index in [1.807, 2.05) is 12.1 Å². The van der Waals surface area contributed by atoms with Crippen LogP contribution in [0.15, 0.2) is 18.2 Å². The van der Waals surface area contributed by atoms with Crippen LogP contribution in [-0.2, 0) is 5.54 Å². The van der Waals surface area contributed by atoms with E-state index in [1.165, 1.54) is 0 Å². The van der Waals surface area contributed by atoms with Gasteiger partial charge >= 0.3 is 0 Å². The number of hydrogen-bond acceptors (Lipinski definition) is 3. The molecule has 124 valence electrons. The van der Waals surface area contributed by atoms with Crippen molar-refractivity contribution < 1.29 is 4.92 Å². The molecule has 0 unspecified atom stereocenters. The second-order valence-corrected chi connectivity index (χ2v) is 7.30. The Hall–Kier alpha value is -2.09. The highest BCUT2D eigenvalue weighted by atomic mass is 16.6. The number of nitrogens with zero attached hydrogens (tertiary/aromatic N) is 3. The number of nitro groups is 1. The predicted octanol–water partition coefficient (Wildman–Crippen LogP) is 4.62. The Morgan fingerprint density at radius 1 is 1.26 bits per heavy atom. The molecule has 1 aliphatic rings. The summed E-state index contributed by atoms with van der Waals surface area (Å²) in [7, 11) is 0. The number of nitro benzene ring substituents is 1. The monoisotopic (exact) mass is 315 g/mol.